The molecule has 94 valence electrons. The van der Waals surface area contributed by atoms with E-state index in [9.17, 15) is 8.78 Å². The van der Waals surface area contributed by atoms with E-state index in [1.54, 1.807) is 0 Å². The van der Waals surface area contributed by atoms with E-state index in [4.69, 9.17) is 5.73 Å². The first kappa shape index (κ1) is 12.1. The third-order valence-corrected chi connectivity index (χ3v) is 3.31. The number of hydrogen-bond acceptors (Lipinski definition) is 2. The Kier molecular flexibility index (Phi) is 2.98. The zero-order valence-corrected chi connectivity index (χ0v) is 10.3. The number of nitrogens with two attached hydrogens (primary N) is 1. The lowest BCUT2D eigenvalue weighted by Crippen LogP contribution is -2.40. The molecule has 1 heterocycles. The molecule has 0 aliphatic carbocycles. The molecule has 0 saturated carbocycles. The molecule has 1 aliphatic heterocycles. The summed E-state index contributed by atoms with van der Waals surface area (Å²) in [6, 6.07) is 2.15. The molecule has 2 nitrogen and oxygen atoms in total. The lowest BCUT2D eigenvalue weighted by atomic mass is 9.84. The SMILES string of the molecule is CC1(C)CCCN(c2cc(F)cc(F)c2N)C1. The highest BCUT2D eigenvalue weighted by molar-refractivity contribution is 5.68. The van der Waals surface area contributed by atoms with Crippen molar-refractivity contribution in [3.63, 3.8) is 0 Å². The molecule has 0 unspecified atom stereocenters. The van der Waals surface area contributed by atoms with Crippen LogP contribution < -0.4 is 10.6 Å². The van der Waals surface area contributed by atoms with Crippen LogP contribution in [0.1, 0.15) is 26.7 Å². The van der Waals surface area contributed by atoms with Crippen LogP contribution in [0.2, 0.25) is 0 Å². The minimum Gasteiger partial charge on any atom is -0.395 e. The molecule has 0 amide bonds. The summed E-state index contributed by atoms with van der Waals surface area (Å²) in [4.78, 5) is 1.98. The number of nitrogen functional groups attached to an aromatic ring is 1. The molecule has 0 spiro atoms. The van der Waals surface area contributed by atoms with Gasteiger partial charge in [0.05, 0.1) is 11.4 Å². The van der Waals surface area contributed by atoms with Gasteiger partial charge in [0.1, 0.15) is 5.82 Å². The molecular weight excluding hydrogens is 222 g/mol. The Labute approximate surface area is 100 Å². The van der Waals surface area contributed by atoms with E-state index in [2.05, 4.69) is 13.8 Å². The van der Waals surface area contributed by atoms with Crippen molar-refractivity contribution in [2.75, 3.05) is 23.7 Å². The molecule has 1 aromatic rings. The summed E-state index contributed by atoms with van der Waals surface area (Å²) in [6.07, 6.45) is 2.14. The lowest BCUT2D eigenvalue weighted by Gasteiger charge is -2.39. The maximum absolute atomic E-state index is 13.4. The molecule has 1 aromatic carbocycles. The molecule has 0 radical (unpaired) electrons. The first-order chi connectivity index (χ1) is 7.89. The topological polar surface area (TPSA) is 29.3 Å². The van der Waals surface area contributed by atoms with E-state index in [-0.39, 0.29) is 11.1 Å². The van der Waals surface area contributed by atoms with Gasteiger partial charge >= 0.3 is 0 Å². The van der Waals surface area contributed by atoms with Crippen LogP contribution in [0.3, 0.4) is 0 Å². The van der Waals surface area contributed by atoms with Gasteiger partial charge in [-0.05, 0) is 24.3 Å². The van der Waals surface area contributed by atoms with Crippen LogP contribution in [0.15, 0.2) is 12.1 Å². The number of anilines is 2. The molecular formula is C13H18F2N2. The Morgan fingerprint density at radius 2 is 2.00 bits per heavy atom. The van der Waals surface area contributed by atoms with Gasteiger partial charge in [0.2, 0.25) is 0 Å². The Morgan fingerprint density at radius 3 is 2.65 bits per heavy atom. The number of piperidine rings is 1. The Bertz CT molecular complexity index is 430. The van der Waals surface area contributed by atoms with E-state index < -0.39 is 11.6 Å². The van der Waals surface area contributed by atoms with Crippen LogP contribution in [0.4, 0.5) is 20.2 Å². The van der Waals surface area contributed by atoms with Gasteiger partial charge in [0.25, 0.3) is 0 Å². The van der Waals surface area contributed by atoms with Crippen LogP contribution >= 0.6 is 0 Å². The fourth-order valence-corrected chi connectivity index (χ4v) is 2.46. The van der Waals surface area contributed by atoms with Gasteiger partial charge < -0.3 is 10.6 Å². The molecule has 4 heteroatoms. The maximum Gasteiger partial charge on any atom is 0.151 e. The number of hydrogen-bond donors (Lipinski definition) is 1. The van der Waals surface area contributed by atoms with Crippen molar-refractivity contribution in [1.82, 2.24) is 0 Å². The summed E-state index contributed by atoms with van der Waals surface area (Å²) in [6.45, 7) is 5.90. The molecule has 2 N–H and O–H groups in total. The number of halogens is 2. The summed E-state index contributed by atoms with van der Waals surface area (Å²) in [5, 5.41) is 0. The fraction of sp³-hybridized carbons (Fsp3) is 0.538. The van der Waals surface area contributed by atoms with Crippen LogP contribution in [0.25, 0.3) is 0 Å². The van der Waals surface area contributed by atoms with E-state index >= 15 is 0 Å². The highest BCUT2D eigenvalue weighted by Gasteiger charge is 2.28. The average molecular weight is 240 g/mol. The monoisotopic (exact) mass is 240 g/mol. The first-order valence-electron chi connectivity index (χ1n) is 5.88. The molecule has 17 heavy (non-hydrogen) atoms. The van der Waals surface area contributed by atoms with Crippen LogP contribution in [-0.4, -0.2) is 13.1 Å². The van der Waals surface area contributed by atoms with Crippen molar-refractivity contribution in [2.45, 2.75) is 26.7 Å². The van der Waals surface area contributed by atoms with Crippen molar-refractivity contribution in [3.05, 3.63) is 23.8 Å². The second-order valence-electron chi connectivity index (χ2n) is 5.51. The molecule has 0 atom stereocenters. The Morgan fingerprint density at radius 1 is 1.29 bits per heavy atom. The van der Waals surface area contributed by atoms with E-state index in [1.165, 1.54) is 6.07 Å². The van der Waals surface area contributed by atoms with Crippen molar-refractivity contribution < 1.29 is 8.78 Å². The second kappa shape index (κ2) is 4.17. The van der Waals surface area contributed by atoms with E-state index in [0.717, 1.165) is 32.0 Å². The Balaban J connectivity index is 2.34. The van der Waals surface area contributed by atoms with Crippen LogP contribution in [-0.2, 0) is 0 Å². The zero-order valence-electron chi connectivity index (χ0n) is 10.3. The maximum atomic E-state index is 13.4. The molecule has 0 bridgehead atoms. The smallest absolute Gasteiger partial charge is 0.151 e. The summed E-state index contributed by atoms with van der Waals surface area (Å²) < 4.78 is 26.6. The van der Waals surface area contributed by atoms with Gasteiger partial charge in [-0.15, -0.1) is 0 Å². The highest BCUT2D eigenvalue weighted by Crippen LogP contribution is 2.35. The van der Waals surface area contributed by atoms with Crippen molar-refractivity contribution in [1.29, 1.82) is 0 Å². The summed E-state index contributed by atoms with van der Waals surface area (Å²) in [5.74, 6) is -1.25. The third kappa shape index (κ3) is 2.51. The summed E-state index contributed by atoms with van der Waals surface area (Å²) in [7, 11) is 0. The van der Waals surface area contributed by atoms with Crippen molar-refractivity contribution in [3.8, 4) is 0 Å². The fourth-order valence-electron chi connectivity index (χ4n) is 2.46. The molecule has 1 saturated heterocycles. The Hall–Kier alpha value is -1.32. The minimum atomic E-state index is -0.677. The molecule has 0 aromatic heterocycles. The van der Waals surface area contributed by atoms with E-state index in [0.29, 0.717) is 5.69 Å². The molecule has 1 fully saturated rings. The normalized spacial score (nSPS) is 19.4. The van der Waals surface area contributed by atoms with Crippen molar-refractivity contribution in [2.24, 2.45) is 5.41 Å². The van der Waals surface area contributed by atoms with E-state index in [1.807, 2.05) is 4.90 Å². The number of benzene rings is 1. The predicted octanol–water partition coefficient (Wildman–Crippen LogP) is 3.17. The molecule has 1 aliphatic rings. The zero-order chi connectivity index (χ0) is 12.6. The van der Waals surface area contributed by atoms with Gasteiger partial charge in [-0.25, -0.2) is 8.78 Å². The highest BCUT2D eigenvalue weighted by atomic mass is 19.1. The van der Waals surface area contributed by atoms with Crippen LogP contribution in [0, 0.1) is 17.0 Å². The van der Waals surface area contributed by atoms with Crippen LogP contribution in [0.5, 0.6) is 0 Å². The first-order valence-corrected chi connectivity index (χ1v) is 5.88. The average Bonchev–Trinajstić information content (AvgIpc) is 2.22. The summed E-state index contributed by atoms with van der Waals surface area (Å²) in [5.41, 5.74) is 6.37. The second-order valence-corrected chi connectivity index (χ2v) is 5.51. The molecule has 2 rings (SSSR count). The standard InChI is InChI=1S/C13H18F2N2/c1-13(2)4-3-5-17(8-13)11-7-9(14)6-10(15)12(11)16/h6-7H,3-5,8,16H2,1-2H3. The number of nitrogens with zero attached hydrogens (tertiary/aromatic N) is 1. The largest absolute Gasteiger partial charge is 0.395 e. The van der Waals surface area contributed by atoms with Gasteiger partial charge in [0, 0.05) is 19.2 Å². The quantitative estimate of drug-likeness (QED) is 0.764. The predicted molar refractivity (Wildman–Crippen MR) is 66.0 cm³/mol. The van der Waals surface area contributed by atoms with Crippen molar-refractivity contribution >= 4 is 11.4 Å². The van der Waals surface area contributed by atoms with Gasteiger partial charge in [0.15, 0.2) is 5.82 Å². The lowest BCUT2D eigenvalue weighted by molar-refractivity contribution is 0.293. The van der Waals surface area contributed by atoms with Gasteiger partial charge in [-0.1, -0.05) is 13.8 Å². The minimum absolute atomic E-state index is 0.0455. The summed E-state index contributed by atoms with van der Waals surface area (Å²) >= 11 is 0. The number of rotatable bonds is 1. The van der Waals surface area contributed by atoms with Gasteiger partial charge in [-0.3, -0.25) is 0 Å². The third-order valence-electron chi connectivity index (χ3n) is 3.31. The van der Waals surface area contributed by atoms with Gasteiger partial charge in [-0.2, -0.15) is 0 Å².